The third-order valence-electron chi connectivity index (χ3n) is 3.06. The summed E-state index contributed by atoms with van der Waals surface area (Å²) in [6, 6.07) is 0. The van der Waals surface area contributed by atoms with Crippen LogP contribution >= 0.6 is 0 Å². The Morgan fingerprint density at radius 1 is 1.30 bits per heavy atom. The lowest BCUT2D eigenvalue weighted by molar-refractivity contribution is -0.155. The number of carboxylic acid groups (broad SMARTS) is 1. The van der Waals surface area contributed by atoms with Crippen LogP contribution in [0, 0.1) is 17.8 Å². The first kappa shape index (κ1) is 6.20. The van der Waals surface area contributed by atoms with E-state index in [9.17, 15) is 4.79 Å². The van der Waals surface area contributed by atoms with Crippen LogP contribution < -0.4 is 0 Å². The number of carboxylic acids is 1. The minimum absolute atomic E-state index is 0.0359. The van der Waals surface area contributed by atoms with Crippen molar-refractivity contribution >= 4 is 5.97 Å². The van der Waals surface area contributed by atoms with Gasteiger partial charge in [0.05, 0.1) is 5.92 Å². The van der Waals surface area contributed by atoms with Crippen molar-refractivity contribution in [3.05, 3.63) is 0 Å². The monoisotopic (exact) mass is 140 g/mol. The van der Waals surface area contributed by atoms with E-state index in [0.717, 1.165) is 12.8 Å². The molecule has 0 saturated heterocycles. The minimum atomic E-state index is -0.555. The maximum absolute atomic E-state index is 10.6. The Hall–Kier alpha value is -0.530. The van der Waals surface area contributed by atoms with Gasteiger partial charge in [0.25, 0.3) is 0 Å². The zero-order valence-corrected chi connectivity index (χ0v) is 5.92. The van der Waals surface area contributed by atoms with E-state index in [1.54, 1.807) is 0 Å². The third-order valence-corrected chi connectivity index (χ3v) is 3.06. The highest BCUT2D eigenvalue weighted by molar-refractivity contribution is 5.72. The summed E-state index contributed by atoms with van der Waals surface area (Å²) in [6.45, 7) is 0. The second kappa shape index (κ2) is 1.97. The molecule has 3 atom stereocenters. The van der Waals surface area contributed by atoms with Gasteiger partial charge in [0, 0.05) is 0 Å². The molecule has 3 aliphatic carbocycles. The number of fused-ring (bicyclic) bond motifs is 2. The number of rotatable bonds is 1. The van der Waals surface area contributed by atoms with Crippen LogP contribution in [0.3, 0.4) is 0 Å². The fourth-order valence-electron chi connectivity index (χ4n) is 2.51. The van der Waals surface area contributed by atoms with Crippen LogP contribution in [0.15, 0.2) is 0 Å². The van der Waals surface area contributed by atoms with Crippen molar-refractivity contribution in [1.82, 2.24) is 0 Å². The maximum atomic E-state index is 10.6. The van der Waals surface area contributed by atoms with Crippen LogP contribution in [0.1, 0.15) is 25.7 Å². The van der Waals surface area contributed by atoms with E-state index >= 15 is 0 Å². The number of hydrogen-bond acceptors (Lipinski definition) is 1. The summed E-state index contributed by atoms with van der Waals surface area (Å²) in [5, 5.41) is 8.74. The Morgan fingerprint density at radius 3 is 2.20 bits per heavy atom. The van der Waals surface area contributed by atoms with Crippen molar-refractivity contribution < 1.29 is 9.90 Å². The van der Waals surface area contributed by atoms with E-state index < -0.39 is 5.97 Å². The maximum Gasteiger partial charge on any atom is 0.307 e. The van der Waals surface area contributed by atoms with Gasteiger partial charge >= 0.3 is 5.97 Å². The van der Waals surface area contributed by atoms with Gasteiger partial charge in [0.1, 0.15) is 0 Å². The van der Waals surface area contributed by atoms with Gasteiger partial charge in [-0.1, -0.05) is 6.42 Å². The fourth-order valence-corrected chi connectivity index (χ4v) is 2.51. The topological polar surface area (TPSA) is 37.3 Å². The first-order valence-corrected chi connectivity index (χ1v) is 4.02. The summed E-state index contributed by atoms with van der Waals surface area (Å²) in [4.78, 5) is 10.6. The molecule has 0 aliphatic heterocycles. The van der Waals surface area contributed by atoms with Crippen molar-refractivity contribution in [2.45, 2.75) is 25.7 Å². The summed E-state index contributed by atoms with van der Waals surface area (Å²) in [5.41, 5.74) is 0. The molecule has 0 radical (unpaired) electrons. The second-order valence-electron chi connectivity index (χ2n) is 3.55. The summed E-state index contributed by atoms with van der Waals surface area (Å²) in [7, 11) is 0. The molecule has 2 heteroatoms. The number of hydrogen-bond donors (Lipinski definition) is 1. The van der Waals surface area contributed by atoms with Gasteiger partial charge in [0.15, 0.2) is 0 Å². The molecule has 0 aromatic carbocycles. The Balaban J connectivity index is 2.06. The van der Waals surface area contributed by atoms with Crippen molar-refractivity contribution in [3.8, 4) is 0 Å². The normalized spacial score (nSPS) is 44.2. The fraction of sp³-hybridized carbons (Fsp3) is 0.875. The smallest absolute Gasteiger partial charge is 0.307 e. The van der Waals surface area contributed by atoms with Crippen LogP contribution in [-0.4, -0.2) is 11.1 Å². The van der Waals surface area contributed by atoms with E-state index in [2.05, 4.69) is 0 Å². The largest absolute Gasteiger partial charge is 0.481 e. The molecule has 3 saturated carbocycles. The molecule has 2 bridgehead atoms. The molecule has 3 rings (SSSR count). The van der Waals surface area contributed by atoms with E-state index in [4.69, 9.17) is 5.11 Å². The third kappa shape index (κ3) is 0.678. The minimum Gasteiger partial charge on any atom is -0.481 e. The van der Waals surface area contributed by atoms with Gasteiger partial charge in [-0.05, 0) is 31.1 Å². The molecule has 10 heavy (non-hydrogen) atoms. The highest BCUT2D eigenvalue weighted by atomic mass is 16.4. The molecule has 0 aromatic heterocycles. The molecule has 56 valence electrons. The molecule has 1 unspecified atom stereocenters. The van der Waals surface area contributed by atoms with E-state index in [-0.39, 0.29) is 5.92 Å². The van der Waals surface area contributed by atoms with Gasteiger partial charge in [-0.15, -0.1) is 0 Å². The van der Waals surface area contributed by atoms with Crippen LogP contribution in [0.5, 0.6) is 0 Å². The first-order chi connectivity index (χ1) is 4.79. The predicted octanol–water partition coefficient (Wildman–Crippen LogP) is 1.51. The Labute approximate surface area is 60.2 Å². The molecule has 1 N–H and O–H groups in total. The molecule has 3 aliphatic rings. The van der Waals surface area contributed by atoms with Gasteiger partial charge < -0.3 is 5.11 Å². The zero-order chi connectivity index (χ0) is 7.14. The molecule has 2 nitrogen and oxygen atoms in total. The first-order valence-electron chi connectivity index (χ1n) is 4.02. The highest BCUT2D eigenvalue weighted by Crippen LogP contribution is 2.50. The second-order valence-corrected chi connectivity index (χ2v) is 3.55. The van der Waals surface area contributed by atoms with Gasteiger partial charge in [-0.3, -0.25) is 4.79 Å². The van der Waals surface area contributed by atoms with E-state index in [0.29, 0.717) is 11.8 Å². The van der Waals surface area contributed by atoms with Crippen LogP contribution in [0.4, 0.5) is 0 Å². The molecule has 0 aromatic rings. The quantitative estimate of drug-likeness (QED) is 0.599. The van der Waals surface area contributed by atoms with Crippen LogP contribution in [-0.2, 0) is 4.79 Å². The lowest BCUT2D eigenvalue weighted by Gasteiger charge is -2.46. The SMILES string of the molecule is O=C(O)C1[C@@H]2CCC[C@H]1C2. The average molecular weight is 140 g/mol. The van der Waals surface area contributed by atoms with Crippen LogP contribution in [0.2, 0.25) is 0 Å². The summed E-state index contributed by atoms with van der Waals surface area (Å²) < 4.78 is 0. The van der Waals surface area contributed by atoms with Crippen molar-refractivity contribution in [2.75, 3.05) is 0 Å². The standard InChI is InChI=1S/C8H12O2/c9-8(10)7-5-2-1-3-6(7)4-5/h5-7H,1-4H2,(H,9,10)/t5-,6+,7?. The predicted molar refractivity (Wildman–Crippen MR) is 36.6 cm³/mol. The number of carbonyl (C=O) groups is 1. The van der Waals surface area contributed by atoms with E-state index in [1.807, 2.05) is 0 Å². The highest BCUT2D eigenvalue weighted by Gasteiger charge is 2.47. The van der Waals surface area contributed by atoms with Crippen molar-refractivity contribution in [2.24, 2.45) is 17.8 Å². The lowest BCUT2D eigenvalue weighted by atomic mass is 9.57. The molecular weight excluding hydrogens is 128 g/mol. The van der Waals surface area contributed by atoms with Gasteiger partial charge in [-0.2, -0.15) is 0 Å². The summed E-state index contributed by atoms with van der Waals surface area (Å²) >= 11 is 0. The molecular formula is C8H12O2. The lowest BCUT2D eigenvalue weighted by Crippen LogP contribution is -2.45. The van der Waals surface area contributed by atoms with Crippen molar-refractivity contribution in [1.29, 1.82) is 0 Å². The average Bonchev–Trinajstić information content (AvgIpc) is 1.87. The Morgan fingerprint density at radius 2 is 1.90 bits per heavy atom. The summed E-state index contributed by atoms with van der Waals surface area (Å²) in [6.07, 6.45) is 4.77. The molecule has 0 heterocycles. The van der Waals surface area contributed by atoms with Crippen molar-refractivity contribution in [3.63, 3.8) is 0 Å². The Bertz CT molecular complexity index is 151. The summed E-state index contributed by atoms with van der Waals surface area (Å²) in [5.74, 6) is 0.558. The van der Waals surface area contributed by atoms with E-state index in [1.165, 1.54) is 12.8 Å². The zero-order valence-electron chi connectivity index (χ0n) is 5.92. The molecule has 0 spiro atoms. The number of aliphatic carboxylic acids is 1. The van der Waals surface area contributed by atoms with Crippen LogP contribution in [0.25, 0.3) is 0 Å². The van der Waals surface area contributed by atoms with Gasteiger partial charge in [-0.25, -0.2) is 0 Å². The van der Waals surface area contributed by atoms with Gasteiger partial charge in [0.2, 0.25) is 0 Å². The Kier molecular flexibility index (Phi) is 1.22. The molecule has 3 fully saturated rings. The molecule has 0 amide bonds.